The summed E-state index contributed by atoms with van der Waals surface area (Å²) in [5, 5.41) is 16.3. The van der Waals surface area contributed by atoms with E-state index < -0.39 is 12.1 Å². The number of nitrogens with zero attached hydrogens (tertiary/aromatic N) is 1. The quantitative estimate of drug-likeness (QED) is 0.473. The zero-order valence-corrected chi connectivity index (χ0v) is 15.1. The average molecular weight is 383 g/mol. The van der Waals surface area contributed by atoms with Crippen molar-refractivity contribution in [2.24, 2.45) is 5.73 Å². The number of nitrogens with one attached hydrogen (secondary N) is 1. The molecule has 4 N–H and O–H groups in total. The van der Waals surface area contributed by atoms with Gasteiger partial charge in [-0.3, -0.25) is 15.1 Å². The lowest BCUT2D eigenvalue weighted by Gasteiger charge is -2.19. The largest absolute Gasteiger partial charge is 0.489 e. The molecule has 8 heteroatoms. The molecule has 0 radical (unpaired) electrons. The minimum atomic E-state index is -1.07. The van der Waals surface area contributed by atoms with Gasteiger partial charge in [-0.15, -0.1) is 0 Å². The Kier molecular flexibility index (Phi) is 5.78. The number of ether oxygens (including phenoxy) is 2. The number of carboxylic acids is 1. The molecule has 0 bridgehead atoms. The van der Waals surface area contributed by atoms with Crippen molar-refractivity contribution in [1.29, 1.82) is 5.41 Å². The molecular weight excluding hydrogens is 362 g/mol. The number of carbonyl (C=O) groups excluding carboxylic acids is 1. The van der Waals surface area contributed by atoms with E-state index in [1.54, 1.807) is 12.1 Å². The number of nitrogen functional groups attached to an aromatic ring is 1. The summed E-state index contributed by atoms with van der Waals surface area (Å²) in [6, 6.07) is 14.4. The second-order valence-electron chi connectivity index (χ2n) is 6.50. The third kappa shape index (κ3) is 4.79. The lowest BCUT2D eigenvalue weighted by Crippen LogP contribution is -2.38. The van der Waals surface area contributed by atoms with Crippen LogP contribution in [0, 0.1) is 5.41 Å². The third-order valence-corrected chi connectivity index (χ3v) is 4.45. The van der Waals surface area contributed by atoms with E-state index in [1.807, 2.05) is 36.4 Å². The van der Waals surface area contributed by atoms with Crippen LogP contribution in [0.5, 0.6) is 5.75 Å². The fourth-order valence-corrected chi connectivity index (χ4v) is 2.94. The number of hydrogen-bond donors (Lipinski definition) is 3. The molecule has 146 valence electrons. The van der Waals surface area contributed by atoms with Crippen LogP contribution in [0.2, 0.25) is 0 Å². The van der Waals surface area contributed by atoms with Crippen molar-refractivity contribution >= 4 is 17.9 Å². The number of benzene rings is 2. The summed E-state index contributed by atoms with van der Waals surface area (Å²) in [6.45, 7) is 0.197. The third-order valence-electron chi connectivity index (χ3n) is 4.45. The Morgan fingerprint density at radius 2 is 1.82 bits per heavy atom. The van der Waals surface area contributed by atoms with E-state index >= 15 is 0 Å². The van der Waals surface area contributed by atoms with Gasteiger partial charge < -0.3 is 20.3 Å². The van der Waals surface area contributed by atoms with Gasteiger partial charge >= 0.3 is 12.1 Å². The van der Waals surface area contributed by atoms with Gasteiger partial charge in [0.1, 0.15) is 31.3 Å². The summed E-state index contributed by atoms with van der Waals surface area (Å²) in [4.78, 5) is 23.8. The van der Waals surface area contributed by atoms with Gasteiger partial charge in [-0.25, -0.2) is 4.79 Å². The lowest BCUT2D eigenvalue weighted by atomic mass is 10.1. The van der Waals surface area contributed by atoms with Crippen LogP contribution in [0.15, 0.2) is 48.5 Å². The van der Waals surface area contributed by atoms with Crippen molar-refractivity contribution < 1.29 is 24.2 Å². The van der Waals surface area contributed by atoms with Crippen molar-refractivity contribution in [3.63, 3.8) is 0 Å². The number of nitrogens with two attached hydrogens (primary N) is 1. The molecule has 2 aromatic rings. The summed E-state index contributed by atoms with van der Waals surface area (Å²) in [5.41, 5.74) is 8.01. The van der Waals surface area contributed by atoms with Gasteiger partial charge in [-0.05, 0) is 29.7 Å². The molecule has 1 amide bonds. The van der Waals surface area contributed by atoms with Crippen LogP contribution < -0.4 is 10.5 Å². The molecular formula is C20H21N3O5. The molecule has 28 heavy (non-hydrogen) atoms. The number of rotatable bonds is 8. The van der Waals surface area contributed by atoms with Crippen LogP contribution in [0.25, 0.3) is 0 Å². The fourth-order valence-electron chi connectivity index (χ4n) is 2.94. The number of amidine groups is 1. The maximum Gasteiger partial charge on any atom is 0.410 e. The summed E-state index contributed by atoms with van der Waals surface area (Å²) < 4.78 is 10.7. The molecule has 1 aliphatic rings. The van der Waals surface area contributed by atoms with E-state index in [2.05, 4.69) is 0 Å². The monoisotopic (exact) mass is 383 g/mol. The van der Waals surface area contributed by atoms with Crippen molar-refractivity contribution in [1.82, 2.24) is 4.90 Å². The molecule has 0 saturated carbocycles. The normalized spacial score (nSPS) is 15.9. The molecule has 8 nitrogen and oxygen atoms in total. The summed E-state index contributed by atoms with van der Waals surface area (Å²) in [6.07, 6.45) is -0.0885. The van der Waals surface area contributed by atoms with Crippen molar-refractivity contribution in [2.75, 3.05) is 13.2 Å². The Balaban J connectivity index is 1.55. The minimum Gasteiger partial charge on any atom is -0.489 e. The highest BCUT2D eigenvalue weighted by molar-refractivity contribution is 5.94. The molecule has 1 saturated heterocycles. The van der Waals surface area contributed by atoms with Gasteiger partial charge in [0.05, 0.1) is 6.04 Å². The standard InChI is InChI=1S/C20H21N3O5/c21-19(22)15-5-1-14(2-6-15)11-27-17-7-3-13(4-8-17)9-16-12-28-20(26)23(16)10-18(24)25/h1-8,16H,9-12H2,(H3,21,22)(H,24,25)/t16-/m0/s1. The summed E-state index contributed by atoms with van der Waals surface area (Å²) in [7, 11) is 0. The zero-order chi connectivity index (χ0) is 20.1. The van der Waals surface area contributed by atoms with E-state index in [0.717, 1.165) is 11.1 Å². The average Bonchev–Trinajstić information content (AvgIpc) is 3.00. The molecule has 0 aliphatic carbocycles. The first-order valence-electron chi connectivity index (χ1n) is 8.72. The Morgan fingerprint density at radius 3 is 2.43 bits per heavy atom. The fraction of sp³-hybridized carbons (Fsp3) is 0.250. The smallest absolute Gasteiger partial charge is 0.410 e. The second-order valence-corrected chi connectivity index (χ2v) is 6.50. The van der Waals surface area contributed by atoms with Gasteiger partial charge in [0, 0.05) is 5.56 Å². The van der Waals surface area contributed by atoms with Crippen LogP contribution >= 0.6 is 0 Å². The van der Waals surface area contributed by atoms with Gasteiger partial charge in [0.2, 0.25) is 0 Å². The van der Waals surface area contributed by atoms with E-state index in [4.69, 9.17) is 25.7 Å². The van der Waals surface area contributed by atoms with Gasteiger partial charge in [0.25, 0.3) is 0 Å². The molecule has 2 aromatic carbocycles. The number of aliphatic carboxylic acids is 1. The highest BCUT2D eigenvalue weighted by Crippen LogP contribution is 2.20. The molecule has 0 aromatic heterocycles. The van der Waals surface area contributed by atoms with E-state index in [1.165, 1.54) is 4.90 Å². The summed E-state index contributed by atoms with van der Waals surface area (Å²) in [5.74, 6) is -0.344. The zero-order valence-electron chi connectivity index (χ0n) is 15.1. The summed E-state index contributed by atoms with van der Waals surface area (Å²) >= 11 is 0. The molecule has 1 aliphatic heterocycles. The molecule has 1 heterocycles. The maximum atomic E-state index is 11.6. The van der Waals surface area contributed by atoms with Crippen molar-refractivity contribution in [2.45, 2.75) is 19.1 Å². The predicted octanol–water partition coefficient (Wildman–Crippen LogP) is 2.00. The topological polar surface area (TPSA) is 126 Å². The minimum absolute atomic E-state index is 0.0272. The predicted molar refractivity (Wildman–Crippen MR) is 101 cm³/mol. The molecule has 1 fully saturated rings. The lowest BCUT2D eigenvalue weighted by molar-refractivity contribution is -0.137. The number of cyclic esters (lactones) is 1. The van der Waals surface area contributed by atoms with Crippen LogP contribution in [-0.4, -0.2) is 47.1 Å². The first kappa shape index (κ1) is 19.2. The Labute approximate surface area is 162 Å². The van der Waals surface area contributed by atoms with Crippen LogP contribution in [0.3, 0.4) is 0 Å². The Bertz CT molecular complexity index is 864. The molecule has 0 unspecified atom stereocenters. The van der Waals surface area contributed by atoms with E-state index in [-0.39, 0.29) is 25.0 Å². The van der Waals surface area contributed by atoms with Crippen LogP contribution in [-0.2, 0) is 22.6 Å². The van der Waals surface area contributed by atoms with Gasteiger partial charge in [0.15, 0.2) is 0 Å². The highest BCUT2D eigenvalue weighted by atomic mass is 16.6. The van der Waals surface area contributed by atoms with E-state index in [9.17, 15) is 9.59 Å². The van der Waals surface area contributed by atoms with Crippen LogP contribution in [0.4, 0.5) is 4.79 Å². The second kappa shape index (κ2) is 8.43. The number of hydrogen-bond acceptors (Lipinski definition) is 5. The Hall–Kier alpha value is -3.55. The highest BCUT2D eigenvalue weighted by Gasteiger charge is 2.34. The molecule has 0 spiro atoms. The number of amides is 1. The van der Waals surface area contributed by atoms with Crippen molar-refractivity contribution in [3.05, 3.63) is 65.2 Å². The first-order valence-corrected chi connectivity index (χ1v) is 8.72. The molecule has 3 rings (SSSR count). The molecule has 1 atom stereocenters. The van der Waals surface area contributed by atoms with E-state index in [0.29, 0.717) is 24.3 Å². The number of carbonyl (C=O) groups is 2. The van der Waals surface area contributed by atoms with Crippen molar-refractivity contribution in [3.8, 4) is 5.75 Å². The Morgan fingerprint density at radius 1 is 1.18 bits per heavy atom. The SMILES string of the molecule is N=C(N)c1ccc(COc2ccc(C[C@H]3COC(=O)N3CC(=O)O)cc2)cc1. The van der Waals surface area contributed by atoms with Crippen LogP contribution in [0.1, 0.15) is 16.7 Å². The number of carboxylic acid groups (broad SMARTS) is 1. The van der Waals surface area contributed by atoms with Gasteiger partial charge in [-0.1, -0.05) is 36.4 Å². The maximum absolute atomic E-state index is 11.6. The van der Waals surface area contributed by atoms with Gasteiger partial charge in [-0.2, -0.15) is 0 Å². The first-order chi connectivity index (χ1) is 13.4.